The van der Waals surface area contributed by atoms with Gasteiger partial charge in [0, 0.05) is 10.0 Å². The monoisotopic (exact) mass is 455 g/mol. The van der Waals surface area contributed by atoms with Gasteiger partial charge in [0.05, 0.1) is 0 Å². The largest absolute Gasteiger partial charge is 0.444 e. The summed E-state index contributed by atoms with van der Waals surface area (Å²) in [5, 5.41) is 5.45. The van der Waals surface area contributed by atoms with Crippen LogP contribution < -0.4 is 10.6 Å². The summed E-state index contributed by atoms with van der Waals surface area (Å²) in [7, 11) is 0. The number of hydrogen-bond donors (Lipinski definition) is 2. The van der Waals surface area contributed by atoms with Gasteiger partial charge in [0.25, 0.3) is 0 Å². The lowest BCUT2D eigenvalue weighted by Gasteiger charge is -2.29. The number of carbonyl (C=O) groups is 2. The molecule has 1 aromatic heterocycles. The molecule has 1 heterocycles. The Kier molecular flexibility index (Phi) is 5.98. The average Bonchev–Trinajstić information content (AvgIpc) is 3.44. The number of nitrogens with one attached hydrogen (secondary N) is 2. The van der Waals surface area contributed by atoms with Gasteiger partial charge in [-0.05, 0) is 77.2 Å². The zero-order valence-corrected chi connectivity index (χ0v) is 18.2. The van der Waals surface area contributed by atoms with Crippen LogP contribution in [0.1, 0.15) is 52.0 Å². The summed E-state index contributed by atoms with van der Waals surface area (Å²) in [5.41, 5.74) is -0.290. The fourth-order valence-electron chi connectivity index (χ4n) is 3.48. The topological polar surface area (TPSA) is 80.3 Å². The lowest BCUT2D eigenvalue weighted by atomic mass is 9.89. The number of anilines is 1. The number of alkyl carbamates (subject to hydrolysis) is 1. The zero-order valence-electron chi connectivity index (χ0n) is 16.6. The SMILES string of the molecule is Cc1c(Br)cc(NC(=O)C(NC(=O)OC(C)(C)C)C(C2CC2)C2CC2)nc1F. The summed E-state index contributed by atoms with van der Waals surface area (Å²) in [4.78, 5) is 29.2. The number of ether oxygens (including phenoxy) is 1. The number of amides is 2. The highest BCUT2D eigenvalue weighted by Crippen LogP contribution is 2.50. The summed E-state index contributed by atoms with van der Waals surface area (Å²) in [5.74, 6) is -0.0209. The van der Waals surface area contributed by atoms with Crippen LogP contribution in [0.2, 0.25) is 0 Å². The molecule has 0 saturated heterocycles. The van der Waals surface area contributed by atoms with E-state index in [0.717, 1.165) is 25.7 Å². The molecule has 2 fully saturated rings. The van der Waals surface area contributed by atoms with Crippen LogP contribution in [-0.4, -0.2) is 28.6 Å². The molecule has 6 nitrogen and oxygen atoms in total. The molecule has 2 aliphatic rings. The van der Waals surface area contributed by atoms with Crippen LogP contribution in [0.3, 0.4) is 0 Å². The van der Waals surface area contributed by atoms with E-state index in [4.69, 9.17) is 4.74 Å². The van der Waals surface area contributed by atoms with Crippen molar-refractivity contribution in [2.75, 3.05) is 5.32 Å². The maximum Gasteiger partial charge on any atom is 0.408 e. The van der Waals surface area contributed by atoms with E-state index >= 15 is 0 Å². The van der Waals surface area contributed by atoms with E-state index in [9.17, 15) is 14.0 Å². The van der Waals surface area contributed by atoms with Crippen LogP contribution >= 0.6 is 15.9 Å². The van der Waals surface area contributed by atoms with Crippen molar-refractivity contribution in [1.29, 1.82) is 0 Å². The van der Waals surface area contributed by atoms with E-state index in [1.165, 1.54) is 0 Å². The minimum absolute atomic E-state index is 0.0613. The molecule has 0 bridgehead atoms. The molecule has 154 valence electrons. The molecule has 0 spiro atoms. The first-order valence-electron chi connectivity index (χ1n) is 9.68. The molecule has 2 amide bonds. The van der Waals surface area contributed by atoms with Gasteiger partial charge in [-0.1, -0.05) is 15.9 Å². The third-order valence-corrected chi connectivity index (χ3v) is 5.90. The van der Waals surface area contributed by atoms with Gasteiger partial charge in [0.1, 0.15) is 17.5 Å². The number of hydrogen-bond acceptors (Lipinski definition) is 4. The second-order valence-corrected chi connectivity index (χ2v) is 9.62. The fourth-order valence-corrected chi connectivity index (χ4v) is 3.86. The molecule has 1 aromatic rings. The van der Waals surface area contributed by atoms with Crippen molar-refractivity contribution in [3.63, 3.8) is 0 Å². The highest BCUT2D eigenvalue weighted by atomic mass is 79.9. The molecule has 0 aromatic carbocycles. The Bertz CT molecular complexity index is 737. The van der Waals surface area contributed by atoms with Crippen molar-refractivity contribution in [3.8, 4) is 0 Å². The summed E-state index contributed by atoms with van der Waals surface area (Å²) in [6.45, 7) is 6.92. The molecular weight excluding hydrogens is 429 g/mol. The Morgan fingerprint density at radius 1 is 1.25 bits per heavy atom. The van der Waals surface area contributed by atoms with E-state index in [1.54, 1.807) is 33.8 Å². The van der Waals surface area contributed by atoms with E-state index in [1.807, 2.05) is 0 Å². The number of aromatic nitrogens is 1. The number of nitrogens with zero attached hydrogens (tertiary/aromatic N) is 1. The number of carbonyl (C=O) groups excluding carboxylic acids is 2. The smallest absolute Gasteiger partial charge is 0.408 e. The van der Waals surface area contributed by atoms with E-state index < -0.39 is 29.6 Å². The maximum atomic E-state index is 13.9. The van der Waals surface area contributed by atoms with Gasteiger partial charge >= 0.3 is 6.09 Å². The van der Waals surface area contributed by atoms with E-state index in [-0.39, 0.29) is 11.7 Å². The van der Waals surface area contributed by atoms with Crippen molar-refractivity contribution in [2.24, 2.45) is 17.8 Å². The van der Waals surface area contributed by atoms with Crippen molar-refractivity contribution >= 4 is 33.7 Å². The molecule has 2 N–H and O–H groups in total. The highest BCUT2D eigenvalue weighted by Gasteiger charge is 2.48. The third-order valence-electron chi connectivity index (χ3n) is 5.07. The van der Waals surface area contributed by atoms with Gasteiger partial charge in [-0.3, -0.25) is 4.79 Å². The first-order chi connectivity index (χ1) is 13.0. The van der Waals surface area contributed by atoms with E-state index in [2.05, 4.69) is 31.5 Å². The minimum atomic E-state index is -0.736. The lowest BCUT2D eigenvalue weighted by molar-refractivity contribution is -0.120. The molecule has 8 heteroatoms. The average molecular weight is 456 g/mol. The molecule has 0 radical (unpaired) electrons. The fraction of sp³-hybridized carbons (Fsp3) is 0.650. The quantitative estimate of drug-likeness (QED) is 0.616. The Hall–Kier alpha value is -1.70. The number of rotatable bonds is 6. The van der Waals surface area contributed by atoms with Crippen LogP contribution in [-0.2, 0) is 9.53 Å². The zero-order chi connectivity index (χ0) is 20.6. The summed E-state index contributed by atoms with van der Waals surface area (Å²) in [6.07, 6.45) is 3.62. The summed E-state index contributed by atoms with van der Waals surface area (Å²) < 4.78 is 19.8. The highest BCUT2D eigenvalue weighted by molar-refractivity contribution is 9.10. The Labute approximate surface area is 173 Å². The Morgan fingerprint density at radius 2 is 1.82 bits per heavy atom. The first-order valence-corrected chi connectivity index (χ1v) is 10.5. The third kappa shape index (κ3) is 5.43. The van der Waals surface area contributed by atoms with Crippen molar-refractivity contribution in [3.05, 3.63) is 22.1 Å². The van der Waals surface area contributed by atoms with Crippen LogP contribution in [0.5, 0.6) is 0 Å². The maximum absolute atomic E-state index is 13.9. The van der Waals surface area contributed by atoms with Gasteiger partial charge in [-0.25, -0.2) is 9.78 Å². The molecule has 2 saturated carbocycles. The molecule has 28 heavy (non-hydrogen) atoms. The number of pyridine rings is 1. The van der Waals surface area contributed by atoms with E-state index in [0.29, 0.717) is 21.9 Å². The summed E-state index contributed by atoms with van der Waals surface area (Å²) >= 11 is 3.27. The van der Waals surface area contributed by atoms with Crippen molar-refractivity contribution in [1.82, 2.24) is 10.3 Å². The second kappa shape index (κ2) is 7.97. The van der Waals surface area contributed by atoms with Crippen LogP contribution in [0.15, 0.2) is 10.5 Å². The van der Waals surface area contributed by atoms with Crippen LogP contribution in [0.25, 0.3) is 0 Å². The van der Waals surface area contributed by atoms with Gasteiger partial charge in [-0.2, -0.15) is 4.39 Å². The van der Waals surface area contributed by atoms with Gasteiger partial charge in [-0.15, -0.1) is 0 Å². The van der Waals surface area contributed by atoms with Gasteiger partial charge in [0.15, 0.2) is 0 Å². The first kappa shape index (κ1) is 21.0. The van der Waals surface area contributed by atoms with Crippen molar-refractivity contribution in [2.45, 2.75) is 65.0 Å². The molecule has 1 unspecified atom stereocenters. The van der Waals surface area contributed by atoms with Crippen molar-refractivity contribution < 1.29 is 18.7 Å². The standard InChI is InChI=1S/C20H27BrFN3O3/c1-10-13(21)9-14(23-17(10)22)24-18(26)16(25-19(27)28-20(2,3)4)15(11-5-6-11)12-7-8-12/h9,11-12,15-16H,5-8H2,1-4H3,(H,25,27)(H,23,24,26). The minimum Gasteiger partial charge on any atom is -0.444 e. The predicted molar refractivity (Wildman–Crippen MR) is 107 cm³/mol. The van der Waals surface area contributed by atoms with Gasteiger partial charge in [0.2, 0.25) is 11.9 Å². The molecule has 2 aliphatic carbocycles. The lowest BCUT2D eigenvalue weighted by Crippen LogP contribution is -2.51. The van der Waals surface area contributed by atoms with Gasteiger partial charge < -0.3 is 15.4 Å². The normalized spacial score (nSPS) is 18.0. The molecular formula is C20H27BrFN3O3. The van der Waals surface area contributed by atoms with Crippen LogP contribution in [0.4, 0.5) is 15.0 Å². The Balaban J connectivity index is 1.79. The Morgan fingerprint density at radius 3 is 2.29 bits per heavy atom. The molecule has 0 aliphatic heterocycles. The molecule has 1 atom stereocenters. The summed E-state index contributed by atoms with van der Waals surface area (Å²) in [6, 6.07) is 0.823. The molecule has 3 rings (SSSR count). The predicted octanol–water partition coefficient (Wildman–Crippen LogP) is 4.56. The second-order valence-electron chi connectivity index (χ2n) is 8.77. The number of halogens is 2. The van der Waals surface area contributed by atoms with Crippen LogP contribution in [0, 0.1) is 30.6 Å².